The molecular formula is C18H20N6O2. The summed E-state index contributed by atoms with van der Waals surface area (Å²) in [6.45, 7) is 1.98. The molecule has 0 bridgehead atoms. The van der Waals surface area contributed by atoms with E-state index in [0.29, 0.717) is 17.7 Å². The largest absolute Gasteiger partial charge is 0.507 e. The van der Waals surface area contributed by atoms with Gasteiger partial charge in [-0.05, 0) is 43.7 Å². The van der Waals surface area contributed by atoms with Crippen LogP contribution < -0.4 is 16.3 Å². The Hall–Kier alpha value is -3.10. The van der Waals surface area contributed by atoms with Crippen molar-refractivity contribution in [2.75, 3.05) is 0 Å². The lowest BCUT2D eigenvalue weighted by atomic mass is 10.1. The van der Waals surface area contributed by atoms with E-state index in [0.717, 1.165) is 5.69 Å². The average Bonchev–Trinajstić information content (AvgIpc) is 3.09. The average molecular weight is 352 g/mol. The third-order valence-electron chi connectivity index (χ3n) is 3.84. The van der Waals surface area contributed by atoms with Gasteiger partial charge in [0.2, 0.25) is 0 Å². The molecule has 3 rings (SSSR count). The van der Waals surface area contributed by atoms with E-state index in [9.17, 15) is 9.90 Å². The number of carbonyl (C=O) groups is 1. The molecule has 0 spiro atoms. The van der Waals surface area contributed by atoms with E-state index in [1.54, 1.807) is 12.1 Å². The first-order chi connectivity index (χ1) is 12.6. The van der Waals surface area contributed by atoms with Gasteiger partial charge >= 0.3 is 0 Å². The van der Waals surface area contributed by atoms with Gasteiger partial charge in [0.05, 0.1) is 17.6 Å². The number of aromatic hydroxyl groups is 1. The molecule has 1 heterocycles. The third kappa shape index (κ3) is 4.71. The minimum absolute atomic E-state index is 0.0379. The van der Waals surface area contributed by atoms with Gasteiger partial charge < -0.3 is 5.11 Å². The third-order valence-corrected chi connectivity index (χ3v) is 3.84. The number of amides is 1. The van der Waals surface area contributed by atoms with Gasteiger partial charge in [0, 0.05) is 11.6 Å². The van der Waals surface area contributed by atoms with Crippen LogP contribution in [0.4, 0.5) is 11.4 Å². The van der Waals surface area contributed by atoms with Gasteiger partial charge in [-0.3, -0.25) is 10.2 Å². The first kappa shape index (κ1) is 17.7. The van der Waals surface area contributed by atoms with Crippen molar-refractivity contribution < 1.29 is 9.90 Å². The molecular weight excluding hydrogens is 332 g/mol. The van der Waals surface area contributed by atoms with Crippen molar-refractivity contribution in [2.24, 2.45) is 15.3 Å². The standard InChI is InChI=1S/C18H20N6O2/c1-12-9-16(23-20-12)18(26)24-19-11-13-10-15(7-8-17(13)25)22-21-14-5-3-2-4-6-14/h2-8,10-12,16,20,23,25H,9H2,1H3,(H,24,26)/b19-11+,22-21?. The molecule has 1 aliphatic heterocycles. The highest BCUT2D eigenvalue weighted by molar-refractivity contribution is 5.87. The lowest BCUT2D eigenvalue weighted by Crippen LogP contribution is -2.41. The Balaban J connectivity index is 1.64. The van der Waals surface area contributed by atoms with Crippen molar-refractivity contribution in [3.63, 3.8) is 0 Å². The predicted octanol–water partition coefficient (Wildman–Crippen LogP) is 2.51. The molecule has 1 aliphatic rings. The first-order valence-corrected chi connectivity index (χ1v) is 8.25. The number of phenols is 1. The Morgan fingerprint density at radius 3 is 2.65 bits per heavy atom. The van der Waals surface area contributed by atoms with E-state index in [1.807, 2.05) is 37.3 Å². The highest BCUT2D eigenvalue weighted by atomic mass is 16.3. The van der Waals surface area contributed by atoms with Gasteiger partial charge in [-0.25, -0.2) is 10.9 Å². The second kappa shape index (κ2) is 8.32. The smallest absolute Gasteiger partial charge is 0.258 e. The number of rotatable bonds is 5. The van der Waals surface area contributed by atoms with Crippen LogP contribution in [0, 0.1) is 0 Å². The Kier molecular flexibility index (Phi) is 5.67. The molecule has 4 N–H and O–H groups in total. The molecule has 2 aromatic carbocycles. The molecule has 2 unspecified atom stereocenters. The topological polar surface area (TPSA) is 110 Å². The Labute approximate surface area is 151 Å². The molecule has 2 atom stereocenters. The molecule has 26 heavy (non-hydrogen) atoms. The number of hydrazine groups is 1. The number of azo groups is 1. The second-order valence-corrected chi connectivity index (χ2v) is 5.99. The number of nitrogens with one attached hydrogen (secondary N) is 3. The number of nitrogens with zero attached hydrogens (tertiary/aromatic N) is 3. The Morgan fingerprint density at radius 1 is 1.15 bits per heavy atom. The van der Waals surface area contributed by atoms with Crippen LogP contribution >= 0.6 is 0 Å². The summed E-state index contributed by atoms with van der Waals surface area (Å²) < 4.78 is 0. The molecule has 2 aromatic rings. The molecule has 134 valence electrons. The van der Waals surface area contributed by atoms with Crippen LogP contribution in [0.5, 0.6) is 5.75 Å². The van der Waals surface area contributed by atoms with Crippen LogP contribution in [0.15, 0.2) is 63.9 Å². The summed E-state index contributed by atoms with van der Waals surface area (Å²) in [4.78, 5) is 12.0. The number of phenolic OH excluding ortho intramolecular Hbond substituents is 1. The fraction of sp³-hybridized carbons (Fsp3) is 0.222. The summed E-state index contributed by atoms with van der Waals surface area (Å²) in [5.41, 5.74) is 10.1. The number of hydrogen-bond acceptors (Lipinski definition) is 7. The maximum absolute atomic E-state index is 12.0. The summed E-state index contributed by atoms with van der Waals surface area (Å²) in [6, 6.07) is 14.0. The molecule has 8 nitrogen and oxygen atoms in total. The maximum Gasteiger partial charge on any atom is 0.258 e. The monoisotopic (exact) mass is 352 g/mol. The SMILES string of the molecule is CC1CC(C(=O)N/N=C/c2cc(N=Nc3ccccc3)ccc2O)NN1. The molecule has 0 saturated carbocycles. The predicted molar refractivity (Wildman–Crippen MR) is 98.6 cm³/mol. The van der Waals surface area contributed by atoms with Crippen molar-refractivity contribution >= 4 is 23.5 Å². The lowest BCUT2D eigenvalue weighted by molar-refractivity contribution is -0.122. The molecule has 1 fully saturated rings. The highest BCUT2D eigenvalue weighted by Crippen LogP contribution is 2.23. The van der Waals surface area contributed by atoms with E-state index >= 15 is 0 Å². The summed E-state index contributed by atoms with van der Waals surface area (Å²) in [7, 11) is 0. The Bertz CT molecular complexity index is 822. The molecule has 1 amide bonds. The summed E-state index contributed by atoms with van der Waals surface area (Å²) in [5.74, 6) is -0.201. The maximum atomic E-state index is 12.0. The van der Waals surface area contributed by atoms with Crippen LogP contribution in [0.3, 0.4) is 0 Å². The number of carbonyl (C=O) groups excluding carboxylic acids is 1. The lowest BCUT2D eigenvalue weighted by Gasteiger charge is -2.06. The zero-order valence-corrected chi connectivity index (χ0v) is 14.3. The Morgan fingerprint density at radius 2 is 1.92 bits per heavy atom. The van der Waals surface area contributed by atoms with E-state index < -0.39 is 0 Å². The highest BCUT2D eigenvalue weighted by Gasteiger charge is 2.26. The van der Waals surface area contributed by atoms with Gasteiger partial charge in [0.1, 0.15) is 11.8 Å². The summed E-state index contributed by atoms with van der Waals surface area (Å²) in [5, 5.41) is 22.1. The van der Waals surface area contributed by atoms with Crippen LogP contribution in [-0.4, -0.2) is 29.3 Å². The van der Waals surface area contributed by atoms with Crippen molar-refractivity contribution in [2.45, 2.75) is 25.4 Å². The van der Waals surface area contributed by atoms with Crippen molar-refractivity contribution in [1.29, 1.82) is 0 Å². The molecule has 1 saturated heterocycles. The van der Waals surface area contributed by atoms with E-state index in [1.165, 1.54) is 12.3 Å². The molecule has 8 heteroatoms. The molecule has 0 aliphatic carbocycles. The first-order valence-electron chi connectivity index (χ1n) is 8.25. The van der Waals surface area contributed by atoms with Crippen molar-refractivity contribution in [3.8, 4) is 5.75 Å². The molecule has 0 aromatic heterocycles. The summed E-state index contributed by atoms with van der Waals surface area (Å²) >= 11 is 0. The normalized spacial score (nSPS) is 20.0. The zero-order valence-electron chi connectivity index (χ0n) is 14.3. The van der Waals surface area contributed by atoms with Gasteiger partial charge in [0.15, 0.2) is 0 Å². The second-order valence-electron chi connectivity index (χ2n) is 5.99. The van der Waals surface area contributed by atoms with Crippen LogP contribution in [-0.2, 0) is 4.79 Å². The quantitative estimate of drug-likeness (QED) is 0.376. The van der Waals surface area contributed by atoms with Crippen LogP contribution in [0.2, 0.25) is 0 Å². The number of hydrogen-bond donors (Lipinski definition) is 4. The van der Waals surface area contributed by atoms with Gasteiger partial charge in [-0.15, -0.1) is 0 Å². The van der Waals surface area contributed by atoms with E-state index in [4.69, 9.17) is 0 Å². The minimum atomic E-state index is -0.332. The fourth-order valence-corrected chi connectivity index (χ4v) is 2.45. The summed E-state index contributed by atoms with van der Waals surface area (Å²) in [6.07, 6.45) is 2.06. The van der Waals surface area contributed by atoms with Gasteiger partial charge in [-0.1, -0.05) is 18.2 Å². The molecule has 0 radical (unpaired) electrons. The zero-order chi connectivity index (χ0) is 18.4. The minimum Gasteiger partial charge on any atom is -0.507 e. The number of hydrazone groups is 1. The van der Waals surface area contributed by atoms with Gasteiger partial charge in [-0.2, -0.15) is 15.3 Å². The number of benzene rings is 2. The van der Waals surface area contributed by atoms with E-state index in [2.05, 4.69) is 31.6 Å². The van der Waals surface area contributed by atoms with Crippen molar-refractivity contribution in [3.05, 3.63) is 54.1 Å². The van der Waals surface area contributed by atoms with Crippen LogP contribution in [0.25, 0.3) is 0 Å². The van der Waals surface area contributed by atoms with Crippen LogP contribution in [0.1, 0.15) is 18.9 Å². The van der Waals surface area contributed by atoms with E-state index in [-0.39, 0.29) is 23.7 Å². The van der Waals surface area contributed by atoms with Crippen molar-refractivity contribution in [1.82, 2.24) is 16.3 Å². The fourth-order valence-electron chi connectivity index (χ4n) is 2.45. The van der Waals surface area contributed by atoms with Gasteiger partial charge in [0.25, 0.3) is 5.91 Å².